The van der Waals surface area contributed by atoms with Crippen molar-refractivity contribution < 1.29 is 31.3 Å². The van der Waals surface area contributed by atoms with E-state index in [-0.39, 0.29) is 0 Å². The van der Waals surface area contributed by atoms with Crippen LogP contribution in [-0.4, -0.2) is 96.1 Å². The second-order valence-corrected chi connectivity index (χ2v) is 17.9. The molecule has 0 amide bonds. The maximum absolute atomic E-state index is 6.16. The molecule has 1 unspecified atom stereocenters. The molecule has 0 aliphatic carbocycles. The van der Waals surface area contributed by atoms with Crippen LogP contribution in [0.4, 0.5) is 11.4 Å². The van der Waals surface area contributed by atoms with E-state index in [0.717, 1.165) is 64.1 Å². The molecule has 1 fully saturated rings. The summed E-state index contributed by atoms with van der Waals surface area (Å²) in [5.74, 6) is 0. The van der Waals surface area contributed by atoms with Crippen molar-refractivity contribution in [3.8, 4) is 0 Å². The average molecular weight is 719 g/mol. The summed E-state index contributed by atoms with van der Waals surface area (Å²) in [5.41, 5.74) is 5.12. The Morgan fingerprint density at radius 3 is 1.27 bits per heavy atom. The van der Waals surface area contributed by atoms with Crippen molar-refractivity contribution in [2.24, 2.45) is 0 Å². The van der Waals surface area contributed by atoms with Gasteiger partial charge in [0.05, 0.1) is 12.7 Å². The van der Waals surface area contributed by atoms with Crippen molar-refractivity contribution in [2.45, 2.75) is 98.8 Å². The first-order valence-electron chi connectivity index (χ1n) is 19.0. The molecule has 1 aliphatic heterocycles. The molecule has 2 aromatic carbocycles. The smallest absolute Gasteiger partial charge is 0.374 e. The zero-order valence-electron chi connectivity index (χ0n) is 31.7. The maximum atomic E-state index is 6.16. The Bertz CT molecular complexity index is 1070. The van der Waals surface area contributed by atoms with Crippen molar-refractivity contribution >= 4 is 29.0 Å². The monoisotopic (exact) mass is 718 g/mol. The Morgan fingerprint density at radius 2 is 0.918 bits per heavy atom. The van der Waals surface area contributed by atoms with Crippen molar-refractivity contribution in [1.29, 1.82) is 0 Å². The van der Waals surface area contributed by atoms with Crippen LogP contribution in [0.1, 0.15) is 85.3 Å². The number of ether oxygens (including phenoxy) is 1. The summed E-state index contributed by atoms with van der Waals surface area (Å²) in [6, 6.07) is 19.7. The van der Waals surface area contributed by atoms with Gasteiger partial charge >= 0.3 is 17.6 Å². The third-order valence-electron chi connectivity index (χ3n) is 8.63. The van der Waals surface area contributed by atoms with Gasteiger partial charge in [0.1, 0.15) is 0 Å². The van der Waals surface area contributed by atoms with E-state index in [0.29, 0.717) is 45.7 Å². The van der Waals surface area contributed by atoms with Gasteiger partial charge in [0.15, 0.2) is 0 Å². The number of benzene rings is 2. The van der Waals surface area contributed by atoms with Gasteiger partial charge in [0.2, 0.25) is 0 Å². The molecular formula is C38H66N2O7Si2. The Morgan fingerprint density at radius 1 is 0.551 bits per heavy atom. The van der Waals surface area contributed by atoms with Crippen LogP contribution >= 0.6 is 0 Å². The minimum atomic E-state index is -2.72. The lowest BCUT2D eigenvalue weighted by atomic mass is 10.0. The van der Waals surface area contributed by atoms with E-state index in [9.17, 15) is 0 Å². The number of nitrogens with zero attached hydrogens (tertiary/aromatic N) is 2. The second-order valence-electron chi connectivity index (χ2n) is 12.4. The van der Waals surface area contributed by atoms with E-state index in [1.807, 2.05) is 41.5 Å². The zero-order valence-corrected chi connectivity index (χ0v) is 33.7. The molecule has 0 bridgehead atoms. The Kier molecular flexibility index (Phi) is 19.4. The fraction of sp³-hybridized carbons (Fsp3) is 0.684. The first kappa shape index (κ1) is 41.6. The second kappa shape index (κ2) is 22.9. The lowest BCUT2D eigenvalue weighted by Crippen LogP contribution is -2.47. The molecule has 0 spiro atoms. The molecule has 1 saturated heterocycles. The first-order valence-corrected chi connectivity index (χ1v) is 22.9. The van der Waals surface area contributed by atoms with Crippen LogP contribution < -0.4 is 9.80 Å². The molecule has 2 aromatic rings. The lowest BCUT2D eigenvalue weighted by Gasteiger charge is -2.32. The van der Waals surface area contributed by atoms with Gasteiger partial charge in [-0.15, -0.1) is 0 Å². The average Bonchev–Trinajstić information content (AvgIpc) is 3.92. The molecule has 49 heavy (non-hydrogen) atoms. The summed E-state index contributed by atoms with van der Waals surface area (Å²) in [6.07, 6.45) is 5.50. The van der Waals surface area contributed by atoms with Crippen LogP contribution in [0.2, 0.25) is 12.1 Å². The van der Waals surface area contributed by atoms with Gasteiger partial charge in [-0.05, 0) is 103 Å². The van der Waals surface area contributed by atoms with E-state index in [1.165, 1.54) is 35.3 Å². The highest BCUT2D eigenvalue weighted by Crippen LogP contribution is 2.26. The molecule has 1 heterocycles. The zero-order chi connectivity index (χ0) is 35.4. The lowest BCUT2D eigenvalue weighted by molar-refractivity contribution is 0.0705. The fourth-order valence-electron chi connectivity index (χ4n) is 6.32. The molecule has 1 aliphatic rings. The molecular weight excluding hydrogens is 653 g/mol. The number of epoxide rings is 1. The molecule has 278 valence electrons. The number of anilines is 2. The number of unbranched alkanes of at least 4 members (excludes halogenated alkanes) is 1. The quantitative estimate of drug-likeness (QED) is 0.0615. The van der Waals surface area contributed by atoms with Crippen LogP contribution in [0.15, 0.2) is 48.5 Å². The molecule has 0 saturated carbocycles. The van der Waals surface area contributed by atoms with Gasteiger partial charge in [-0.1, -0.05) is 37.6 Å². The highest BCUT2D eigenvalue weighted by atomic mass is 28.4. The number of hydrogen-bond donors (Lipinski definition) is 0. The van der Waals surface area contributed by atoms with Crippen LogP contribution in [0.5, 0.6) is 0 Å². The first-order chi connectivity index (χ1) is 23.9. The minimum Gasteiger partial charge on any atom is -0.374 e. The van der Waals surface area contributed by atoms with E-state index in [2.05, 4.69) is 65.3 Å². The highest BCUT2D eigenvalue weighted by Gasteiger charge is 2.41. The largest absolute Gasteiger partial charge is 0.500 e. The Balaban J connectivity index is 1.72. The third-order valence-corrected chi connectivity index (χ3v) is 14.9. The topological polar surface area (TPSA) is 74.4 Å². The summed E-state index contributed by atoms with van der Waals surface area (Å²) in [6.45, 7) is 22.6. The molecule has 0 N–H and O–H groups in total. The Labute approximate surface area is 300 Å². The molecule has 9 nitrogen and oxygen atoms in total. The highest BCUT2D eigenvalue weighted by molar-refractivity contribution is 6.61. The molecule has 0 radical (unpaired) electrons. The maximum Gasteiger partial charge on any atom is 0.500 e. The van der Waals surface area contributed by atoms with Crippen molar-refractivity contribution in [1.82, 2.24) is 0 Å². The van der Waals surface area contributed by atoms with Crippen LogP contribution in [0.25, 0.3) is 0 Å². The van der Waals surface area contributed by atoms with Crippen LogP contribution in [0, 0.1) is 0 Å². The molecule has 0 aromatic heterocycles. The van der Waals surface area contributed by atoms with E-state index in [1.54, 1.807) is 0 Å². The van der Waals surface area contributed by atoms with Crippen molar-refractivity contribution in [2.75, 3.05) is 82.2 Å². The SMILES string of the molecule is CCCCN(CC1CO1)c1ccc(Cc2ccc(N(CCC[Si](OCC)(OCC)OCC)CCC[Si](OCC)(OCC)OCC)cc2)cc1. The van der Waals surface area contributed by atoms with E-state index >= 15 is 0 Å². The minimum absolute atomic E-state index is 0.391. The predicted octanol–water partition coefficient (Wildman–Crippen LogP) is 7.97. The fourth-order valence-corrected chi connectivity index (χ4v) is 11.5. The molecule has 1 atom stereocenters. The standard InChI is InChI=1S/C38H66N2O7Si2/c1-8-15-26-40(32-38-33-41-38)37-24-20-35(21-25-37)31-34-18-22-36(23-19-34)39(27-16-29-48(42-9-2,43-10-3)44-11-4)28-17-30-49(45-12-5,46-13-6)47-14-7/h18-25,38H,8-17,26-33H2,1-7H3. The van der Waals surface area contributed by atoms with Gasteiger partial charge < -0.3 is 41.1 Å². The Hall–Kier alpha value is -1.81. The van der Waals surface area contributed by atoms with E-state index in [4.69, 9.17) is 31.3 Å². The normalized spacial score (nSPS) is 14.7. The van der Waals surface area contributed by atoms with Crippen molar-refractivity contribution in [3.63, 3.8) is 0 Å². The van der Waals surface area contributed by atoms with Gasteiger partial charge in [-0.3, -0.25) is 0 Å². The summed E-state index contributed by atoms with van der Waals surface area (Å²) < 4.78 is 42.5. The molecule has 11 heteroatoms. The third kappa shape index (κ3) is 14.4. The van der Waals surface area contributed by atoms with Crippen LogP contribution in [-0.2, 0) is 37.7 Å². The molecule has 3 rings (SSSR count). The van der Waals surface area contributed by atoms with Crippen LogP contribution in [0.3, 0.4) is 0 Å². The summed E-state index contributed by atoms with van der Waals surface area (Å²) >= 11 is 0. The number of hydrogen-bond acceptors (Lipinski definition) is 9. The van der Waals surface area contributed by atoms with Gasteiger partial charge in [-0.2, -0.15) is 0 Å². The predicted molar refractivity (Wildman–Crippen MR) is 205 cm³/mol. The summed E-state index contributed by atoms with van der Waals surface area (Å²) in [7, 11) is -5.44. The summed E-state index contributed by atoms with van der Waals surface area (Å²) in [4.78, 5) is 4.95. The van der Waals surface area contributed by atoms with Gasteiger partial charge in [0.25, 0.3) is 0 Å². The van der Waals surface area contributed by atoms with Gasteiger partial charge in [-0.25, -0.2) is 0 Å². The van der Waals surface area contributed by atoms with Gasteiger partial charge in [0, 0.05) is 89.3 Å². The summed E-state index contributed by atoms with van der Waals surface area (Å²) in [5, 5.41) is 0. The van der Waals surface area contributed by atoms with E-state index < -0.39 is 17.6 Å². The number of rotatable bonds is 29. The van der Waals surface area contributed by atoms with Crippen molar-refractivity contribution in [3.05, 3.63) is 59.7 Å².